The molecule has 8 heteroatoms. The van der Waals surface area contributed by atoms with E-state index in [2.05, 4.69) is 15.6 Å². The number of hydrogen-bond acceptors (Lipinski definition) is 6. The number of rotatable bonds is 6. The summed E-state index contributed by atoms with van der Waals surface area (Å²) in [6.07, 6.45) is 1.09. The first kappa shape index (κ1) is 21.6. The minimum absolute atomic E-state index is 0.111. The van der Waals surface area contributed by atoms with Crippen molar-refractivity contribution in [3.8, 4) is 0 Å². The highest BCUT2D eigenvalue weighted by molar-refractivity contribution is 7.15. The van der Waals surface area contributed by atoms with Gasteiger partial charge in [-0.3, -0.25) is 4.79 Å². The lowest BCUT2D eigenvalue weighted by Gasteiger charge is -2.22. The molecule has 0 aliphatic rings. The van der Waals surface area contributed by atoms with Gasteiger partial charge in [0.1, 0.15) is 5.60 Å². The Morgan fingerprint density at radius 1 is 1.13 bits per heavy atom. The number of nitrogens with two attached hydrogens (primary N) is 1. The van der Waals surface area contributed by atoms with Crippen LogP contribution in [0.15, 0.2) is 48.7 Å². The van der Waals surface area contributed by atoms with Crippen molar-refractivity contribution >= 4 is 39.2 Å². The van der Waals surface area contributed by atoms with Gasteiger partial charge in [0, 0.05) is 17.6 Å². The summed E-state index contributed by atoms with van der Waals surface area (Å²) in [5.41, 5.74) is 5.88. The SMILES string of the molecule is CC(C)(C)OC(=O)NCC(C(=O)NCc1cnc(N)s1)c1cccc2ccccc12. The number of nitrogen functional groups attached to an aromatic ring is 1. The smallest absolute Gasteiger partial charge is 0.407 e. The molecule has 0 fully saturated rings. The Balaban J connectivity index is 1.82. The third-order valence-electron chi connectivity index (χ3n) is 4.37. The molecule has 7 nitrogen and oxygen atoms in total. The van der Waals surface area contributed by atoms with Crippen molar-refractivity contribution in [3.05, 3.63) is 59.1 Å². The molecule has 0 bridgehead atoms. The van der Waals surface area contributed by atoms with Gasteiger partial charge in [-0.05, 0) is 37.1 Å². The molecule has 30 heavy (non-hydrogen) atoms. The van der Waals surface area contributed by atoms with E-state index in [1.807, 2.05) is 42.5 Å². The van der Waals surface area contributed by atoms with Gasteiger partial charge in [-0.15, -0.1) is 11.3 Å². The van der Waals surface area contributed by atoms with Crippen molar-refractivity contribution in [2.45, 2.75) is 38.8 Å². The highest BCUT2D eigenvalue weighted by atomic mass is 32.1. The molecule has 0 saturated heterocycles. The van der Waals surface area contributed by atoms with E-state index in [0.717, 1.165) is 21.2 Å². The molecule has 0 saturated carbocycles. The fraction of sp³-hybridized carbons (Fsp3) is 0.318. The van der Waals surface area contributed by atoms with Crippen molar-refractivity contribution in [1.29, 1.82) is 0 Å². The zero-order valence-corrected chi connectivity index (χ0v) is 18.1. The molecule has 1 atom stereocenters. The Bertz CT molecular complexity index is 1040. The van der Waals surface area contributed by atoms with Crippen LogP contribution < -0.4 is 16.4 Å². The quantitative estimate of drug-likeness (QED) is 0.556. The largest absolute Gasteiger partial charge is 0.444 e. The number of hydrogen-bond donors (Lipinski definition) is 3. The van der Waals surface area contributed by atoms with Crippen molar-refractivity contribution in [2.75, 3.05) is 12.3 Å². The van der Waals surface area contributed by atoms with Crippen molar-refractivity contribution < 1.29 is 14.3 Å². The molecule has 0 aliphatic heterocycles. The molecule has 0 radical (unpaired) electrons. The summed E-state index contributed by atoms with van der Waals surface area (Å²) in [7, 11) is 0. The van der Waals surface area contributed by atoms with Gasteiger partial charge >= 0.3 is 6.09 Å². The lowest BCUT2D eigenvalue weighted by atomic mass is 9.92. The van der Waals surface area contributed by atoms with E-state index < -0.39 is 17.6 Å². The minimum Gasteiger partial charge on any atom is -0.444 e. The van der Waals surface area contributed by atoms with Crippen LogP contribution in [0.25, 0.3) is 10.8 Å². The van der Waals surface area contributed by atoms with E-state index in [-0.39, 0.29) is 12.5 Å². The van der Waals surface area contributed by atoms with E-state index in [1.165, 1.54) is 11.3 Å². The Morgan fingerprint density at radius 2 is 1.87 bits per heavy atom. The summed E-state index contributed by atoms with van der Waals surface area (Å²) in [5.74, 6) is -0.789. The number of thiazole rings is 1. The van der Waals surface area contributed by atoms with Crippen LogP contribution in [0.2, 0.25) is 0 Å². The molecule has 3 aromatic rings. The third kappa shape index (κ3) is 5.70. The summed E-state index contributed by atoms with van der Waals surface area (Å²) in [6, 6.07) is 13.7. The number of carbonyl (C=O) groups is 2. The van der Waals surface area contributed by atoms with Crippen LogP contribution in [-0.2, 0) is 16.1 Å². The molecule has 1 aromatic heterocycles. The standard InChI is InChI=1S/C22H26N4O3S/c1-22(2,3)29-21(28)26-13-18(19(27)24-11-15-12-25-20(23)30-15)17-10-6-8-14-7-4-5-9-16(14)17/h4-10,12,18H,11,13H2,1-3H3,(H2,23,25)(H,24,27)(H,26,28). The predicted octanol–water partition coefficient (Wildman–Crippen LogP) is 3.80. The first-order chi connectivity index (χ1) is 14.2. The average molecular weight is 427 g/mol. The van der Waals surface area contributed by atoms with Gasteiger partial charge in [0.25, 0.3) is 0 Å². The van der Waals surface area contributed by atoms with Gasteiger partial charge in [0.15, 0.2) is 5.13 Å². The van der Waals surface area contributed by atoms with Crippen LogP contribution in [0.5, 0.6) is 0 Å². The number of nitrogens with zero attached hydrogens (tertiary/aromatic N) is 1. The Morgan fingerprint density at radius 3 is 2.57 bits per heavy atom. The number of anilines is 1. The van der Waals surface area contributed by atoms with E-state index >= 15 is 0 Å². The summed E-state index contributed by atoms with van der Waals surface area (Å²) >= 11 is 1.33. The summed E-state index contributed by atoms with van der Waals surface area (Å²) < 4.78 is 5.32. The molecule has 0 aliphatic carbocycles. The van der Waals surface area contributed by atoms with Crippen LogP contribution in [0.3, 0.4) is 0 Å². The number of alkyl carbamates (subject to hydrolysis) is 1. The van der Waals surface area contributed by atoms with E-state index in [0.29, 0.717) is 11.7 Å². The molecule has 1 unspecified atom stereocenters. The number of ether oxygens (including phenoxy) is 1. The average Bonchev–Trinajstić information content (AvgIpc) is 3.10. The second-order valence-corrected chi connectivity index (χ2v) is 9.03. The molecular formula is C22H26N4O3S. The maximum Gasteiger partial charge on any atom is 0.407 e. The van der Waals surface area contributed by atoms with Gasteiger partial charge in [0.05, 0.1) is 12.5 Å². The van der Waals surface area contributed by atoms with E-state index in [9.17, 15) is 9.59 Å². The summed E-state index contributed by atoms with van der Waals surface area (Å²) in [5, 5.41) is 8.11. The lowest BCUT2D eigenvalue weighted by molar-refractivity contribution is -0.122. The molecule has 0 spiro atoms. The molecule has 2 amide bonds. The van der Waals surface area contributed by atoms with Crippen LogP contribution in [0, 0.1) is 0 Å². The Kier molecular flexibility index (Phi) is 6.56. The van der Waals surface area contributed by atoms with Gasteiger partial charge < -0.3 is 21.1 Å². The first-order valence-corrected chi connectivity index (χ1v) is 10.5. The first-order valence-electron chi connectivity index (χ1n) is 9.65. The fourth-order valence-corrected chi connectivity index (χ4v) is 3.72. The normalized spacial score (nSPS) is 12.4. The molecule has 158 valence electrons. The summed E-state index contributed by atoms with van der Waals surface area (Å²) in [6.45, 7) is 5.81. The number of amides is 2. The van der Waals surface area contributed by atoms with E-state index in [4.69, 9.17) is 10.5 Å². The lowest BCUT2D eigenvalue weighted by Crippen LogP contribution is -2.39. The third-order valence-corrected chi connectivity index (χ3v) is 5.20. The monoisotopic (exact) mass is 426 g/mol. The molecular weight excluding hydrogens is 400 g/mol. The Labute approximate surface area is 179 Å². The van der Waals surface area contributed by atoms with Crippen molar-refractivity contribution in [3.63, 3.8) is 0 Å². The molecule has 2 aromatic carbocycles. The zero-order valence-electron chi connectivity index (χ0n) is 17.3. The van der Waals surface area contributed by atoms with Gasteiger partial charge in [-0.1, -0.05) is 42.5 Å². The van der Waals surface area contributed by atoms with Crippen LogP contribution in [-0.4, -0.2) is 29.1 Å². The number of carbonyl (C=O) groups excluding carboxylic acids is 2. The fourth-order valence-electron chi connectivity index (χ4n) is 3.10. The number of nitrogens with one attached hydrogen (secondary N) is 2. The number of aromatic nitrogens is 1. The maximum atomic E-state index is 13.1. The molecule has 1 heterocycles. The summed E-state index contributed by atoms with van der Waals surface area (Å²) in [4.78, 5) is 30.2. The second-order valence-electron chi connectivity index (χ2n) is 7.89. The minimum atomic E-state index is -0.618. The molecule has 3 rings (SSSR count). The highest BCUT2D eigenvalue weighted by Gasteiger charge is 2.25. The highest BCUT2D eigenvalue weighted by Crippen LogP contribution is 2.26. The van der Waals surface area contributed by atoms with Crippen LogP contribution >= 0.6 is 11.3 Å². The van der Waals surface area contributed by atoms with Crippen LogP contribution in [0.4, 0.5) is 9.93 Å². The van der Waals surface area contributed by atoms with E-state index in [1.54, 1.807) is 27.0 Å². The second kappa shape index (κ2) is 9.13. The van der Waals surface area contributed by atoms with Crippen LogP contribution in [0.1, 0.15) is 37.1 Å². The van der Waals surface area contributed by atoms with Crippen molar-refractivity contribution in [2.24, 2.45) is 0 Å². The number of benzene rings is 2. The Hall–Kier alpha value is -3.13. The van der Waals surface area contributed by atoms with Crippen molar-refractivity contribution in [1.82, 2.24) is 15.6 Å². The van der Waals surface area contributed by atoms with Gasteiger partial charge in [-0.2, -0.15) is 0 Å². The topological polar surface area (TPSA) is 106 Å². The van der Waals surface area contributed by atoms with Gasteiger partial charge in [0.2, 0.25) is 5.91 Å². The maximum absolute atomic E-state index is 13.1. The number of fused-ring (bicyclic) bond motifs is 1. The molecule has 4 N–H and O–H groups in total. The van der Waals surface area contributed by atoms with Gasteiger partial charge in [-0.25, -0.2) is 9.78 Å². The predicted molar refractivity (Wildman–Crippen MR) is 119 cm³/mol. The zero-order chi connectivity index (χ0) is 21.7.